The van der Waals surface area contributed by atoms with E-state index in [9.17, 15) is 20.1 Å². The second kappa shape index (κ2) is 7.87. The smallest absolute Gasteiger partial charge is 0.275 e. The van der Waals surface area contributed by atoms with Gasteiger partial charge in [-0.25, -0.2) is 5.43 Å². The Hall–Kier alpha value is -4.26. The van der Waals surface area contributed by atoms with Gasteiger partial charge in [-0.1, -0.05) is 24.3 Å². The van der Waals surface area contributed by atoms with E-state index in [0.29, 0.717) is 5.56 Å². The lowest BCUT2D eigenvalue weighted by molar-refractivity contribution is 0.0952. The lowest BCUT2D eigenvalue weighted by Crippen LogP contribution is -2.17. The molecule has 4 aromatic rings. The summed E-state index contributed by atoms with van der Waals surface area (Å²) in [7, 11) is 0. The van der Waals surface area contributed by atoms with Crippen molar-refractivity contribution in [2.45, 2.75) is 13.8 Å². The average molecular weight is 415 g/mol. The Kier molecular flexibility index (Phi) is 5.09. The summed E-state index contributed by atoms with van der Waals surface area (Å²) >= 11 is 0. The van der Waals surface area contributed by atoms with E-state index in [1.54, 1.807) is 4.57 Å². The fraction of sp³-hybridized carbons (Fsp3) is 0.0833. The summed E-state index contributed by atoms with van der Waals surface area (Å²) in [6, 6.07) is 17.2. The van der Waals surface area contributed by atoms with Crippen LogP contribution in [0.4, 0.5) is 0 Å². The Balaban J connectivity index is 1.71. The number of para-hydroxylation sites is 1. The number of phenolic OH excluding ortho intramolecular Hbond substituents is 2. The predicted octanol–water partition coefficient (Wildman–Crippen LogP) is 4.13. The number of benzene rings is 3. The lowest BCUT2D eigenvalue weighted by Gasteiger charge is -2.09. The van der Waals surface area contributed by atoms with E-state index < -0.39 is 5.91 Å². The van der Waals surface area contributed by atoms with Crippen molar-refractivity contribution >= 4 is 23.0 Å². The molecule has 0 spiro atoms. The van der Waals surface area contributed by atoms with Crippen molar-refractivity contribution in [3.05, 3.63) is 82.9 Å². The number of hydrogen-bond acceptors (Lipinski definition) is 5. The second-order valence-electron chi connectivity index (χ2n) is 7.34. The summed E-state index contributed by atoms with van der Waals surface area (Å²) in [6.45, 7) is 3.99. The summed E-state index contributed by atoms with van der Waals surface area (Å²) < 4.78 is 1.74. The van der Waals surface area contributed by atoms with E-state index >= 15 is 0 Å². The maximum atomic E-state index is 12.3. The lowest BCUT2D eigenvalue weighted by atomic mass is 10.1. The predicted molar refractivity (Wildman–Crippen MR) is 119 cm³/mol. The van der Waals surface area contributed by atoms with Gasteiger partial charge in [0.15, 0.2) is 0 Å². The molecule has 31 heavy (non-hydrogen) atoms. The van der Waals surface area contributed by atoms with Crippen LogP contribution >= 0.6 is 0 Å². The van der Waals surface area contributed by atoms with E-state index in [1.165, 1.54) is 18.3 Å². The summed E-state index contributed by atoms with van der Waals surface area (Å²) in [5.74, 6) is -1.16. The van der Waals surface area contributed by atoms with Crippen LogP contribution in [0.15, 0.2) is 65.8 Å². The van der Waals surface area contributed by atoms with Crippen LogP contribution in [0.25, 0.3) is 16.6 Å². The van der Waals surface area contributed by atoms with Gasteiger partial charge in [0.25, 0.3) is 5.91 Å². The molecule has 0 aliphatic heterocycles. The number of carbonyl (C=O) groups is 1. The van der Waals surface area contributed by atoms with Gasteiger partial charge >= 0.3 is 0 Å². The quantitative estimate of drug-likeness (QED) is 0.297. The van der Waals surface area contributed by atoms with Gasteiger partial charge in [-0.2, -0.15) is 5.10 Å². The molecule has 0 fully saturated rings. The summed E-state index contributed by atoms with van der Waals surface area (Å²) in [5, 5.41) is 34.9. The van der Waals surface area contributed by atoms with E-state index in [0.717, 1.165) is 33.8 Å². The SMILES string of the molecule is Cc1cc(C)cc(-n2c(O)c(C=NNC(=O)c3ccc(O)cc3O)c3ccccc32)c1. The van der Waals surface area contributed by atoms with Crippen LogP contribution in [0.5, 0.6) is 17.4 Å². The molecular weight excluding hydrogens is 394 g/mol. The molecule has 0 saturated carbocycles. The van der Waals surface area contributed by atoms with Crippen molar-refractivity contribution in [2.75, 3.05) is 0 Å². The average Bonchev–Trinajstić information content (AvgIpc) is 2.99. The van der Waals surface area contributed by atoms with Crippen molar-refractivity contribution in [1.29, 1.82) is 0 Å². The van der Waals surface area contributed by atoms with Crippen LogP contribution < -0.4 is 5.43 Å². The number of hydrazone groups is 1. The number of phenols is 2. The van der Waals surface area contributed by atoms with Crippen molar-refractivity contribution < 1.29 is 20.1 Å². The number of carbonyl (C=O) groups excluding carboxylic acids is 1. The molecule has 0 radical (unpaired) electrons. The Labute approximate surface area is 178 Å². The zero-order valence-electron chi connectivity index (χ0n) is 17.0. The molecule has 0 aliphatic rings. The molecule has 1 heterocycles. The van der Waals surface area contributed by atoms with E-state index in [4.69, 9.17) is 0 Å². The number of fused-ring (bicyclic) bond motifs is 1. The number of amides is 1. The highest BCUT2D eigenvalue weighted by atomic mass is 16.3. The summed E-state index contributed by atoms with van der Waals surface area (Å²) in [6.07, 6.45) is 1.37. The highest BCUT2D eigenvalue weighted by Crippen LogP contribution is 2.33. The molecule has 0 atom stereocenters. The monoisotopic (exact) mass is 415 g/mol. The van der Waals surface area contributed by atoms with Crippen molar-refractivity contribution in [2.24, 2.45) is 5.10 Å². The highest BCUT2D eigenvalue weighted by Gasteiger charge is 2.17. The van der Waals surface area contributed by atoms with E-state index in [2.05, 4.69) is 16.6 Å². The molecule has 7 nitrogen and oxygen atoms in total. The van der Waals surface area contributed by atoms with Gasteiger partial charge in [-0.05, 0) is 55.3 Å². The zero-order valence-corrected chi connectivity index (χ0v) is 17.0. The highest BCUT2D eigenvalue weighted by molar-refractivity contribution is 6.04. The minimum absolute atomic E-state index is 0.00307. The van der Waals surface area contributed by atoms with Crippen molar-refractivity contribution in [1.82, 2.24) is 9.99 Å². The van der Waals surface area contributed by atoms with Crippen LogP contribution in [0.2, 0.25) is 0 Å². The number of nitrogens with one attached hydrogen (secondary N) is 1. The van der Waals surface area contributed by atoms with Crippen LogP contribution in [-0.2, 0) is 0 Å². The first-order valence-electron chi connectivity index (χ1n) is 9.61. The molecule has 0 unspecified atom stereocenters. The fourth-order valence-electron chi connectivity index (χ4n) is 3.65. The number of nitrogens with zero attached hydrogens (tertiary/aromatic N) is 2. The first-order chi connectivity index (χ1) is 14.8. The molecular formula is C24H21N3O4. The first-order valence-corrected chi connectivity index (χ1v) is 9.61. The third kappa shape index (κ3) is 3.81. The van der Waals surface area contributed by atoms with Crippen LogP contribution in [0.3, 0.4) is 0 Å². The zero-order chi connectivity index (χ0) is 22.1. The third-order valence-corrected chi connectivity index (χ3v) is 4.94. The van der Waals surface area contributed by atoms with Gasteiger partial charge in [0.2, 0.25) is 5.88 Å². The molecule has 156 valence electrons. The number of aromatic nitrogens is 1. The number of aromatic hydroxyl groups is 3. The molecule has 3 aromatic carbocycles. The Morgan fingerprint density at radius 3 is 2.39 bits per heavy atom. The largest absolute Gasteiger partial charge is 0.508 e. The van der Waals surface area contributed by atoms with Crippen LogP contribution in [0, 0.1) is 13.8 Å². The molecule has 4 N–H and O–H groups in total. The van der Waals surface area contributed by atoms with Gasteiger partial charge < -0.3 is 15.3 Å². The number of rotatable bonds is 4. The number of aryl methyl sites for hydroxylation is 2. The maximum Gasteiger partial charge on any atom is 0.275 e. The summed E-state index contributed by atoms with van der Waals surface area (Å²) in [5.41, 5.74) is 6.52. The molecule has 0 saturated heterocycles. The van der Waals surface area contributed by atoms with E-state index in [-0.39, 0.29) is 22.9 Å². The maximum absolute atomic E-state index is 12.3. The Bertz CT molecular complexity index is 1320. The molecule has 0 bridgehead atoms. The minimum Gasteiger partial charge on any atom is -0.508 e. The Morgan fingerprint density at radius 2 is 1.68 bits per heavy atom. The number of hydrogen-bond donors (Lipinski definition) is 4. The van der Waals surface area contributed by atoms with Crippen LogP contribution in [0.1, 0.15) is 27.0 Å². The summed E-state index contributed by atoms with van der Waals surface area (Å²) in [4.78, 5) is 12.3. The first kappa shape index (κ1) is 20.0. The van der Waals surface area contributed by atoms with Gasteiger partial charge in [-0.15, -0.1) is 0 Å². The third-order valence-electron chi connectivity index (χ3n) is 4.94. The normalized spacial score (nSPS) is 11.3. The molecule has 1 aromatic heterocycles. The van der Waals surface area contributed by atoms with Crippen molar-refractivity contribution in [3.63, 3.8) is 0 Å². The second-order valence-corrected chi connectivity index (χ2v) is 7.34. The molecule has 0 aliphatic carbocycles. The standard InChI is InChI=1S/C24H21N3O4/c1-14-9-15(2)11-16(10-14)27-21-6-4-3-5-18(21)20(24(27)31)13-25-26-23(30)19-8-7-17(28)12-22(19)29/h3-13,28-29,31H,1-2H3,(H,26,30). The Morgan fingerprint density at radius 1 is 0.968 bits per heavy atom. The topological polar surface area (TPSA) is 107 Å². The van der Waals surface area contributed by atoms with Gasteiger partial charge in [-0.3, -0.25) is 9.36 Å². The van der Waals surface area contributed by atoms with Gasteiger partial charge in [0.1, 0.15) is 11.5 Å². The molecule has 7 heteroatoms. The molecule has 4 rings (SSSR count). The molecule has 1 amide bonds. The fourth-order valence-corrected chi connectivity index (χ4v) is 3.65. The van der Waals surface area contributed by atoms with Gasteiger partial charge in [0.05, 0.1) is 22.9 Å². The van der Waals surface area contributed by atoms with Gasteiger partial charge in [0, 0.05) is 17.1 Å². The van der Waals surface area contributed by atoms with Crippen LogP contribution in [-0.4, -0.2) is 32.0 Å². The van der Waals surface area contributed by atoms with E-state index in [1.807, 2.05) is 50.2 Å². The minimum atomic E-state index is -0.647. The van der Waals surface area contributed by atoms with Crippen molar-refractivity contribution in [3.8, 4) is 23.1 Å².